The number of carbonyl (C=O) groups is 1. The molecule has 2 rings (SSSR count). The summed E-state index contributed by atoms with van der Waals surface area (Å²) in [6.45, 7) is 2.35. The number of benzene rings is 1. The number of amides is 1. The maximum atomic E-state index is 12.2. The highest BCUT2D eigenvalue weighted by molar-refractivity contribution is 7.91. The number of nitrogens with one attached hydrogen (secondary N) is 1. The van der Waals surface area contributed by atoms with Gasteiger partial charge in [0.2, 0.25) is 5.91 Å². The molecule has 1 aliphatic heterocycles. The lowest BCUT2D eigenvalue weighted by molar-refractivity contribution is -0.116. The van der Waals surface area contributed by atoms with Gasteiger partial charge in [-0.2, -0.15) is 0 Å². The fourth-order valence-corrected chi connectivity index (χ4v) is 4.68. The maximum Gasteiger partial charge on any atom is 0.225 e. The van der Waals surface area contributed by atoms with Gasteiger partial charge < -0.3 is 15.0 Å². The van der Waals surface area contributed by atoms with Crippen molar-refractivity contribution in [3.05, 3.63) is 22.7 Å². The topological polar surface area (TPSA) is 75.7 Å². The van der Waals surface area contributed by atoms with Crippen LogP contribution in [0.25, 0.3) is 0 Å². The normalized spacial score (nSPS) is 19.5. The summed E-state index contributed by atoms with van der Waals surface area (Å²) < 4.78 is 28.3. The van der Waals surface area contributed by atoms with E-state index in [0.29, 0.717) is 29.4 Å². The fraction of sp³-hybridized carbons (Fsp3) is 0.562. The van der Waals surface area contributed by atoms with Crippen LogP contribution in [0.2, 0.25) is 5.02 Å². The molecule has 0 bridgehead atoms. The summed E-state index contributed by atoms with van der Waals surface area (Å²) in [5.74, 6) is 0.766. The molecule has 1 heterocycles. The van der Waals surface area contributed by atoms with E-state index < -0.39 is 9.84 Å². The third kappa shape index (κ3) is 4.84. The first-order chi connectivity index (χ1) is 11.2. The maximum absolute atomic E-state index is 12.2. The number of rotatable bonds is 6. The third-order valence-electron chi connectivity index (χ3n) is 4.28. The Morgan fingerprint density at radius 1 is 1.46 bits per heavy atom. The second-order valence-corrected chi connectivity index (χ2v) is 8.77. The Morgan fingerprint density at radius 2 is 2.17 bits per heavy atom. The van der Waals surface area contributed by atoms with Gasteiger partial charge in [-0.05, 0) is 32.0 Å². The van der Waals surface area contributed by atoms with Gasteiger partial charge in [-0.25, -0.2) is 8.42 Å². The van der Waals surface area contributed by atoms with E-state index in [2.05, 4.69) is 5.32 Å². The van der Waals surface area contributed by atoms with Crippen LogP contribution in [0, 0.1) is 6.92 Å². The van der Waals surface area contributed by atoms with Gasteiger partial charge in [0.1, 0.15) is 5.75 Å². The summed E-state index contributed by atoms with van der Waals surface area (Å²) in [5.41, 5.74) is 1.43. The first kappa shape index (κ1) is 19.0. The molecule has 8 heteroatoms. The minimum Gasteiger partial charge on any atom is -0.495 e. The van der Waals surface area contributed by atoms with Crippen LogP contribution in [0.4, 0.5) is 5.69 Å². The standard InChI is InChI=1S/C16H23ClN2O4S/c1-11-8-14(15(23-3)9-13(11)17)18-16(20)4-6-19(2)12-5-7-24(21,22)10-12/h8-9,12H,4-7,10H2,1-3H3,(H,18,20). The van der Waals surface area contributed by atoms with Crippen LogP contribution in [0.3, 0.4) is 0 Å². The largest absolute Gasteiger partial charge is 0.495 e. The van der Waals surface area contributed by atoms with Crippen LogP contribution in [0.15, 0.2) is 12.1 Å². The Bertz CT molecular complexity index is 721. The summed E-state index contributed by atoms with van der Waals surface area (Å²) in [4.78, 5) is 14.1. The van der Waals surface area contributed by atoms with E-state index in [0.717, 1.165) is 5.56 Å². The van der Waals surface area contributed by atoms with Crippen LogP contribution >= 0.6 is 11.6 Å². The van der Waals surface area contributed by atoms with Crippen LogP contribution < -0.4 is 10.1 Å². The summed E-state index contributed by atoms with van der Waals surface area (Å²) in [5, 5.41) is 3.40. The number of hydrogen-bond acceptors (Lipinski definition) is 5. The minimum absolute atomic E-state index is 0.00453. The number of methoxy groups -OCH3 is 1. The molecule has 1 N–H and O–H groups in total. The van der Waals surface area contributed by atoms with E-state index in [9.17, 15) is 13.2 Å². The quantitative estimate of drug-likeness (QED) is 0.825. The lowest BCUT2D eigenvalue weighted by Crippen LogP contribution is -2.35. The molecule has 1 saturated heterocycles. The molecule has 24 heavy (non-hydrogen) atoms. The van der Waals surface area contributed by atoms with Gasteiger partial charge >= 0.3 is 0 Å². The highest BCUT2D eigenvalue weighted by atomic mass is 35.5. The monoisotopic (exact) mass is 374 g/mol. The number of hydrogen-bond donors (Lipinski definition) is 1. The van der Waals surface area contributed by atoms with Crippen LogP contribution in [0.1, 0.15) is 18.4 Å². The smallest absolute Gasteiger partial charge is 0.225 e. The molecule has 1 fully saturated rings. The molecule has 0 radical (unpaired) electrons. The molecular weight excluding hydrogens is 352 g/mol. The third-order valence-corrected chi connectivity index (χ3v) is 6.44. The van der Waals surface area contributed by atoms with E-state index in [1.54, 1.807) is 12.1 Å². The SMILES string of the molecule is COc1cc(Cl)c(C)cc1NC(=O)CCN(C)C1CCS(=O)(=O)C1. The van der Waals surface area contributed by atoms with Crippen LogP contribution in [0.5, 0.6) is 5.75 Å². The summed E-state index contributed by atoms with van der Waals surface area (Å²) in [6, 6.07) is 3.43. The lowest BCUT2D eigenvalue weighted by atomic mass is 10.2. The molecule has 0 aliphatic carbocycles. The average Bonchev–Trinajstić information content (AvgIpc) is 2.88. The number of anilines is 1. The number of ether oxygens (including phenoxy) is 1. The summed E-state index contributed by atoms with van der Waals surface area (Å²) in [7, 11) is 0.455. The Labute approximate surface area is 148 Å². The molecule has 6 nitrogen and oxygen atoms in total. The zero-order valence-corrected chi connectivity index (χ0v) is 15.7. The second kappa shape index (κ2) is 7.72. The average molecular weight is 375 g/mol. The van der Waals surface area contributed by atoms with Gasteiger partial charge in [0, 0.05) is 30.1 Å². The van der Waals surface area contributed by atoms with Crippen molar-refractivity contribution in [1.29, 1.82) is 0 Å². The van der Waals surface area contributed by atoms with Crippen molar-refractivity contribution in [3.8, 4) is 5.75 Å². The van der Waals surface area contributed by atoms with E-state index in [4.69, 9.17) is 16.3 Å². The van der Waals surface area contributed by atoms with E-state index in [1.807, 2.05) is 18.9 Å². The highest BCUT2D eigenvalue weighted by Crippen LogP contribution is 2.31. The molecule has 0 saturated carbocycles. The van der Waals surface area contributed by atoms with Gasteiger partial charge in [-0.15, -0.1) is 0 Å². The van der Waals surface area contributed by atoms with E-state index in [1.165, 1.54) is 7.11 Å². The second-order valence-electron chi connectivity index (χ2n) is 6.14. The number of nitrogens with zero attached hydrogens (tertiary/aromatic N) is 1. The number of carbonyl (C=O) groups excluding carboxylic acids is 1. The van der Waals surface area contributed by atoms with Gasteiger partial charge in [0.15, 0.2) is 9.84 Å². The van der Waals surface area contributed by atoms with Gasteiger partial charge in [0.05, 0.1) is 24.3 Å². The Balaban J connectivity index is 1.91. The van der Waals surface area contributed by atoms with Crippen molar-refractivity contribution in [2.45, 2.75) is 25.8 Å². The molecule has 1 unspecified atom stereocenters. The number of aryl methyl sites for hydroxylation is 1. The molecule has 1 atom stereocenters. The zero-order valence-electron chi connectivity index (χ0n) is 14.1. The molecule has 0 aromatic heterocycles. The van der Waals surface area contributed by atoms with Crippen LogP contribution in [-0.2, 0) is 14.6 Å². The molecule has 1 aromatic carbocycles. The van der Waals surface area contributed by atoms with Crippen molar-refractivity contribution in [1.82, 2.24) is 4.90 Å². The first-order valence-electron chi connectivity index (χ1n) is 7.76. The predicted molar refractivity (Wildman–Crippen MR) is 95.7 cm³/mol. The van der Waals surface area contributed by atoms with Gasteiger partial charge in [-0.1, -0.05) is 11.6 Å². The first-order valence-corrected chi connectivity index (χ1v) is 9.96. The van der Waals surface area contributed by atoms with Crippen LogP contribution in [-0.4, -0.2) is 57.5 Å². The summed E-state index contributed by atoms with van der Waals surface area (Å²) >= 11 is 6.05. The number of sulfone groups is 1. The van der Waals surface area contributed by atoms with Gasteiger partial charge in [-0.3, -0.25) is 4.79 Å². The fourth-order valence-electron chi connectivity index (χ4n) is 2.73. The Morgan fingerprint density at radius 3 is 2.75 bits per heavy atom. The van der Waals surface area contributed by atoms with Crippen molar-refractivity contribution in [2.24, 2.45) is 0 Å². The van der Waals surface area contributed by atoms with Crippen molar-refractivity contribution < 1.29 is 17.9 Å². The molecular formula is C16H23ClN2O4S. The van der Waals surface area contributed by atoms with Crippen molar-refractivity contribution in [3.63, 3.8) is 0 Å². The van der Waals surface area contributed by atoms with E-state index in [-0.39, 0.29) is 29.9 Å². The Hall–Kier alpha value is -1.31. The molecule has 134 valence electrons. The minimum atomic E-state index is -2.92. The van der Waals surface area contributed by atoms with Gasteiger partial charge in [0.25, 0.3) is 0 Å². The predicted octanol–water partition coefficient (Wildman–Crippen LogP) is 2.10. The Kier molecular flexibility index (Phi) is 6.11. The van der Waals surface area contributed by atoms with Crippen molar-refractivity contribution >= 4 is 33.0 Å². The molecule has 1 amide bonds. The number of halogens is 1. The highest BCUT2D eigenvalue weighted by Gasteiger charge is 2.30. The zero-order chi connectivity index (χ0) is 17.9. The molecule has 0 spiro atoms. The molecule has 1 aromatic rings. The molecule has 1 aliphatic rings. The summed E-state index contributed by atoms with van der Waals surface area (Å²) in [6.07, 6.45) is 0.905. The van der Waals surface area contributed by atoms with Crippen molar-refractivity contribution in [2.75, 3.05) is 37.5 Å². The van der Waals surface area contributed by atoms with E-state index >= 15 is 0 Å². The lowest BCUT2D eigenvalue weighted by Gasteiger charge is -2.22.